The summed E-state index contributed by atoms with van der Waals surface area (Å²) < 4.78 is 5.42. The monoisotopic (exact) mass is 608 g/mol. The summed E-state index contributed by atoms with van der Waals surface area (Å²) in [6.45, 7) is 5.91. The highest BCUT2D eigenvalue weighted by atomic mass is 16.3. The van der Waals surface area contributed by atoms with Crippen LogP contribution in [0.2, 0.25) is 0 Å². The van der Waals surface area contributed by atoms with Gasteiger partial charge < -0.3 is 36.3 Å². The highest BCUT2D eigenvalue weighted by molar-refractivity contribution is 5.90. The highest BCUT2D eigenvalue weighted by Gasteiger charge is 2.30. The summed E-state index contributed by atoms with van der Waals surface area (Å²) in [6, 6.07) is 8.49. The molecule has 1 aromatic carbocycles. The Morgan fingerprint density at radius 2 is 1.80 bits per heavy atom. The van der Waals surface area contributed by atoms with E-state index in [4.69, 9.17) is 10.2 Å². The van der Waals surface area contributed by atoms with Gasteiger partial charge >= 0.3 is 0 Å². The van der Waals surface area contributed by atoms with Crippen LogP contribution in [0.5, 0.6) is 0 Å². The SMILES string of the molecule is C=CC(=O)NCC[C@H](NC(=O)Cc1ccccc1CNC(=O)[C@H](Cc1ccco1)NC(=O)[C@@H]1CCCN(C(C)=O)C1)C(N)=O. The largest absolute Gasteiger partial charge is 0.469 e. The summed E-state index contributed by atoms with van der Waals surface area (Å²) >= 11 is 0. The van der Waals surface area contributed by atoms with Crippen LogP contribution in [-0.2, 0) is 48.2 Å². The number of piperidine rings is 1. The predicted molar refractivity (Wildman–Crippen MR) is 160 cm³/mol. The summed E-state index contributed by atoms with van der Waals surface area (Å²) in [4.78, 5) is 76.0. The van der Waals surface area contributed by atoms with Gasteiger partial charge in [-0.2, -0.15) is 0 Å². The van der Waals surface area contributed by atoms with E-state index < -0.39 is 41.6 Å². The smallest absolute Gasteiger partial charge is 0.243 e. The van der Waals surface area contributed by atoms with Crippen molar-refractivity contribution < 1.29 is 33.2 Å². The Hall–Kier alpha value is -4.94. The number of nitrogens with zero attached hydrogens (tertiary/aromatic N) is 1. The molecule has 1 aliphatic rings. The first kappa shape index (κ1) is 33.6. The molecule has 1 aliphatic heterocycles. The third-order valence-corrected chi connectivity index (χ3v) is 7.37. The summed E-state index contributed by atoms with van der Waals surface area (Å²) in [7, 11) is 0. The Kier molecular flexibility index (Phi) is 12.7. The summed E-state index contributed by atoms with van der Waals surface area (Å²) in [5, 5.41) is 10.8. The summed E-state index contributed by atoms with van der Waals surface area (Å²) in [5.41, 5.74) is 6.71. The van der Waals surface area contributed by atoms with Crippen LogP contribution in [0.1, 0.15) is 43.1 Å². The van der Waals surface area contributed by atoms with Gasteiger partial charge in [0.2, 0.25) is 35.4 Å². The van der Waals surface area contributed by atoms with Crippen molar-refractivity contribution >= 4 is 35.4 Å². The molecule has 0 radical (unpaired) electrons. The van der Waals surface area contributed by atoms with Crippen molar-refractivity contribution in [2.24, 2.45) is 11.7 Å². The minimum absolute atomic E-state index is 0.0706. The van der Waals surface area contributed by atoms with Crippen molar-refractivity contribution in [1.82, 2.24) is 26.2 Å². The van der Waals surface area contributed by atoms with E-state index in [-0.39, 0.29) is 44.2 Å². The summed E-state index contributed by atoms with van der Waals surface area (Å²) in [6.07, 6.45) is 4.04. The number of hydrogen-bond acceptors (Lipinski definition) is 7. The molecule has 13 nitrogen and oxygen atoms in total. The first-order valence-electron chi connectivity index (χ1n) is 14.5. The third kappa shape index (κ3) is 10.4. The molecule has 13 heteroatoms. The van der Waals surface area contributed by atoms with Gasteiger partial charge in [0.1, 0.15) is 17.8 Å². The van der Waals surface area contributed by atoms with E-state index in [1.807, 2.05) is 0 Å². The van der Waals surface area contributed by atoms with Gasteiger partial charge in [-0.05, 0) is 48.6 Å². The van der Waals surface area contributed by atoms with E-state index in [0.717, 1.165) is 6.08 Å². The van der Waals surface area contributed by atoms with Gasteiger partial charge in [-0.15, -0.1) is 0 Å². The predicted octanol–water partition coefficient (Wildman–Crippen LogP) is 0.0867. The van der Waals surface area contributed by atoms with Crippen molar-refractivity contribution in [3.05, 3.63) is 72.2 Å². The minimum Gasteiger partial charge on any atom is -0.469 e. The first-order valence-corrected chi connectivity index (χ1v) is 14.5. The van der Waals surface area contributed by atoms with Gasteiger partial charge in [0, 0.05) is 39.5 Å². The maximum Gasteiger partial charge on any atom is 0.243 e. The first-order chi connectivity index (χ1) is 21.1. The Balaban J connectivity index is 1.62. The number of carbonyl (C=O) groups is 6. The van der Waals surface area contributed by atoms with Crippen LogP contribution in [0.4, 0.5) is 0 Å². The number of rotatable bonds is 15. The fourth-order valence-corrected chi connectivity index (χ4v) is 4.93. The van der Waals surface area contributed by atoms with Gasteiger partial charge in [0.15, 0.2) is 0 Å². The lowest BCUT2D eigenvalue weighted by molar-refractivity contribution is -0.136. The van der Waals surface area contributed by atoms with E-state index in [9.17, 15) is 28.8 Å². The molecule has 0 saturated carbocycles. The van der Waals surface area contributed by atoms with E-state index in [2.05, 4.69) is 27.8 Å². The second-order valence-electron chi connectivity index (χ2n) is 10.6. The van der Waals surface area contributed by atoms with Crippen LogP contribution in [0.15, 0.2) is 59.7 Å². The molecule has 1 saturated heterocycles. The molecule has 1 fully saturated rings. The molecule has 44 heavy (non-hydrogen) atoms. The quantitative estimate of drug-likeness (QED) is 0.177. The lowest BCUT2D eigenvalue weighted by atomic mass is 9.96. The van der Waals surface area contributed by atoms with Gasteiger partial charge in [0.25, 0.3) is 0 Å². The highest BCUT2D eigenvalue weighted by Crippen LogP contribution is 2.18. The zero-order valence-corrected chi connectivity index (χ0v) is 24.8. The Labute approximate surface area is 256 Å². The number of benzene rings is 1. The number of nitrogens with two attached hydrogens (primary N) is 1. The lowest BCUT2D eigenvalue weighted by Gasteiger charge is -2.32. The molecular formula is C31H40N6O7. The molecule has 6 amide bonds. The molecular weight excluding hydrogens is 568 g/mol. The normalized spacial score (nSPS) is 15.8. The average molecular weight is 609 g/mol. The molecule has 0 spiro atoms. The van der Waals surface area contributed by atoms with Gasteiger partial charge in [-0.1, -0.05) is 30.8 Å². The Bertz CT molecular complexity index is 1340. The number of hydrogen-bond donors (Lipinski definition) is 5. The Morgan fingerprint density at radius 1 is 1.05 bits per heavy atom. The van der Waals surface area contributed by atoms with Crippen LogP contribution in [0.25, 0.3) is 0 Å². The topological polar surface area (TPSA) is 193 Å². The van der Waals surface area contributed by atoms with Gasteiger partial charge in [0.05, 0.1) is 18.6 Å². The molecule has 236 valence electrons. The minimum atomic E-state index is -0.989. The zero-order valence-electron chi connectivity index (χ0n) is 24.8. The number of nitrogens with one attached hydrogen (secondary N) is 4. The van der Waals surface area contributed by atoms with E-state index in [1.54, 1.807) is 41.3 Å². The van der Waals surface area contributed by atoms with E-state index >= 15 is 0 Å². The molecule has 0 bridgehead atoms. The van der Waals surface area contributed by atoms with Crippen molar-refractivity contribution in [3.8, 4) is 0 Å². The number of carbonyl (C=O) groups excluding carboxylic acids is 6. The number of amides is 6. The number of primary amides is 1. The Morgan fingerprint density at radius 3 is 2.45 bits per heavy atom. The molecule has 3 atom stereocenters. The molecule has 2 aromatic rings. The molecule has 0 aliphatic carbocycles. The fourth-order valence-electron chi connectivity index (χ4n) is 4.93. The summed E-state index contributed by atoms with van der Waals surface area (Å²) in [5.74, 6) is -2.37. The van der Waals surface area contributed by atoms with Crippen LogP contribution in [-0.4, -0.2) is 72.1 Å². The third-order valence-electron chi connectivity index (χ3n) is 7.37. The standard InChI is InChI=1S/C31H40N6O7/c1-3-27(39)33-13-12-25(29(32)41)35-28(40)16-21-8-4-5-9-22(21)18-34-31(43)26(17-24-11-7-15-44-24)36-30(42)23-10-6-14-37(19-23)20(2)38/h3-5,7-9,11,15,23,25-26H,1,6,10,12-14,16-19H2,2H3,(H2,32,41)(H,33,39)(H,34,43)(H,35,40)(H,36,42)/t23-,25+,26+/m1/s1. The fraction of sp³-hybridized carbons (Fsp3) is 0.419. The van der Waals surface area contributed by atoms with E-state index in [0.29, 0.717) is 42.8 Å². The van der Waals surface area contributed by atoms with E-state index in [1.165, 1.54) is 13.2 Å². The lowest BCUT2D eigenvalue weighted by Crippen LogP contribution is -2.52. The molecule has 2 heterocycles. The molecule has 6 N–H and O–H groups in total. The van der Waals surface area contributed by atoms with Gasteiger partial charge in [-0.25, -0.2) is 0 Å². The van der Waals surface area contributed by atoms with Gasteiger partial charge in [-0.3, -0.25) is 28.8 Å². The number of furan rings is 1. The zero-order chi connectivity index (χ0) is 32.1. The molecule has 0 unspecified atom stereocenters. The van der Waals surface area contributed by atoms with Crippen molar-refractivity contribution in [2.75, 3.05) is 19.6 Å². The average Bonchev–Trinajstić information content (AvgIpc) is 3.52. The van der Waals surface area contributed by atoms with Crippen molar-refractivity contribution in [1.29, 1.82) is 0 Å². The van der Waals surface area contributed by atoms with Crippen LogP contribution < -0.4 is 27.0 Å². The number of likely N-dealkylation sites (tertiary alicyclic amines) is 1. The second-order valence-corrected chi connectivity index (χ2v) is 10.6. The maximum atomic E-state index is 13.4. The maximum absolute atomic E-state index is 13.4. The van der Waals surface area contributed by atoms with Crippen molar-refractivity contribution in [2.45, 2.75) is 57.7 Å². The second kappa shape index (κ2) is 16.6. The molecule has 3 rings (SSSR count). The van der Waals surface area contributed by atoms with Crippen LogP contribution in [0.3, 0.4) is 0 Å². The van der Waals surface area contributed by atoms with Crippen LogP contribution in [0, 0.1) is 5.92 Å². The van der Waals surface area contributed by atoms with Crippen LogP contribution >= 0.6 is 0 Å². The molecule has 1 aromatic heterocycles. The van der Waals surface area contributed by atoms with Crippen molar-refractivity contribution in [3.63, 3.8) is 0 Å².